The van der Waals surface area contributed by atoms with E-state index >= 15 is 0 Å². The van der Waals surface area contributed by atoms with Crippen molar-refractivity contribution in [3.8, 4) is 0 Å². The van der Waals surface area contributed by atoms with Gasteiger partial charge in [-0.3, -0.25) is 14.4 Å². The van der Waals surface area contributed by atoms with Crippen molar-refractivity contribution < 1.29 is 23.9 Å². The molecule has 30 heavy (non-hydrogen) atoms. The third-order valence-electron chi connectivity index (χ3n) is 3.73. The summed E-state index contributed by atoms with van der Waals surface area (Å²) in [5.41, 5.74) is 1.46. The zero-order valence-corrected chi connectivity index (χ0v) is 17.5. The first-order valence-corrected chi connectivity index (χ1v) is 9.98. The first-order valence-electron chi connectivity index (χ1n) is 9.16. The van der Waals surface area contributed by atoms with Crippen molar-refractivity contribution in [1.29, 1.82) is 0 Å². The SMILES string of the molecule is CC(=O)Nc1ccc(SC(=O)[C@H](C)NC(=O)CNC(=O)OCc2ccccc2)cc1. The molecular weight excluding hydrogens is 406 g/mol. The molecule has 3 N–H and O–H groups in total. The van der Waals surface area contributed by atoms with Crippen LogP contribution in [-0.4, -0.2) is 35.6 Å². The van der Waals surface area contributed by atoms with E-state index in [1.54, 1.807) is 31.2 Å². The fourth-order valence-corrected chi connectivity index (χ4v) is 3.03. The van der Waals surface area contributed by atoms with Crippen molar-refractivity contribution >= 4 is 40.5 Å². The zero-order valence-electron chi connectivity index (χ0n) is 16.6. The largest absolute Gasteiger partial charge is 0.445 e. The number of benzene rings is 2. The van der Waals surface area contributed by atoms with E-state index in [-0.39, 0.29) is 24.2 Å². The fraction of sp³-hybridized carbons (Fsp3) is 0.238. The Bertz CT molecular complexity index is 887. The van der Waals surface area contributed by atoms with E-state index in [2.05, 4.69) is 16.0 Å². The van der Waals surface area contributed by atoms with Gasteiger partial charge in [0.05, 0.1) is 6.04 Å². The van der Waals surface area contributed by atoms with Gasteiger partial charge in [-0.25, -0.2) is 4.79 Å². The first-order chi connectivity index (χ1) is 14.3. The lowest BCUT2D eigenvalue weighted by Gasteiger charge is -2.13. The Morgan fingerprint density at radius 2 is 1.67 bits per heavy atom. The van der Waals surface area contributed by atoms with E-state index in [0.29, 0.717) is 10.6 Å². The maximum absolute atomic E-state index is 12.3. The number of hydrogen-bond donors (Lipinski definition) is 3. The highest BCUT2D eigenvalue weighted by molar-refractivity contribution is 8.13. The molecule has 0 radical (unpaired) electrons. The summed E-state index contributed by atoms with van der Waals surface area (Å²) in [6.45, 7) is 2.77. The van der Waals surface area contributed by atoms with Crippen LogP contribution in [0.2, 0.25) is 0 Å². The molecule has 0 bridgehead atoms. The number of thioether (sulfide) groups is 1. The molecule has 2 aromatic rings. The normalized spacial score (nSPS) is 11.1. The predicted octanol–water partition coefficient (Wildman–Crippen LogP) is 2.69. The monoisotopic (exact) mass is 429 g/mol. The number of nitrogens with one attached hydrogen (secondary N) is 3. The molecule has 0 saturated heterocycles. The molecular formula is C21H23N3O5S. The number of anilines is 1. The molecule has 1 atom stereocenters. The minimum Gasteiger partial charge on any atom is -0.445 e. The van der Waals surface area contributed by atoms with Gasteiger partial charge in [0.1, 0.15) is 13.2 Å². The lowest BCUT2D eigenvalue weighted by atomic mass is 10.2. The molecule has 0 saturated carbocycles. The summed E-state index contributed by atoms with van der Waals surface area (Å²) in [7, 11) is 0. The minimum atomic E-state index is -0.750. The molecule has 0 fully saturated rings. The van der Waals surface area contributed by atoms with Gasteiger partial charge in [0.15, 0.2) is 0 Å². The standard InChI is InChI=1S/C21H23N3O5S/c1-14(20(27)30-18-10-8-17(9-11-18)24-15(2)25)23-19(26)12-22-21(28)29-13-16-6-4-3-5-7-16/h3-11,14H,12-13H2,1-2H3,(H,22,28)(H,23,26)(H,24,25)/t14-/m0/s1. The van der Waals surface area contributed by atoms with Crippen molar-refractivity contribution in [3.63, 3.8) is 0 Å². The number of alkyl carbamates (subject to hydrolysis) is 1. The summed E-state index contributed by atoms with van der Waals surface area (Å²) >= 11 is 0.973. The van der Waals surface area contributed by atoms with E-state index in [1.807, 2.05) is 30.3 Å². The number of rotatable bonds is 8. The summed E-state index contributed by atoms with van der Waals surface area (Å²) < 4.78 is 5.02. The van der Waals surface area contributed by atoms with Crippen LogP contribution in [0.5, 0.6) is 0 Å². The van der Waals surface area contributed by atoms with Crippen LogP contribution >= 0.6 is 11.8 Å². The maximum Gasteiger partial charge on any atom is 0.407 e. The van der Waals surface area contributed by atoms with Gasteiger partial charge in [0.2, 0.25) is 16.9 Å². The molecule has 3 amide bonds. The molecule has 0 heterocycles. The molecule has 2 rings (SSSR count). The summed E-state index contributed by atoms with van der Waals surface area (Å²) in [4.78, 5) is 47.6. The Kier molecular flexibility index (Phi) is 8.89. The van der Waals surface area contributed by atoms with E-state index < -0.39 is 18.0 Å². The van der Waals surface area contributed by atoms with Crippen LogP contribution < -0.4 is 16.0 Å². The van der Waals surface area contributed by atoms with Crippen LogP contribution in [0.25, 0.3) is 0 Å². The van der Waals surface area contributed by atoms with Crippen molar-refractivity contribution in [2.45, 2.75) is 31.4 Å². The first kappa shape index (κ1) is 23.0. The Hall–Kier alpha value is -3.33. The number of carbonyl (C=O) groups is 4. The third kappa shape index (κ3) is 8.36. The van der Waals surface area contributed by atoms with Crippen LogP contribution in [0.15, 0.2) is 59.5 Å². The van der Waals surface area contributed by atoms with Crippen LogP contribution in [0.3, 0.4) is 0 Å². The second-order valence-electron chi connectivity index (χ2n) is 6.33. The molecule has 0 unspecified atom stereocenters. The van der Waals surface area contributed by atoms with Gasteiger partial charge in [-0.2, -0.15) is 0 Å². The lowest BCUT2D eigenvalue weighted by Crippen LogP contribution is -2.43. The summed E-state index contributed by atoms with van der Waals surface area (Å²) in [6.07, 6.45) is -0.721. The van der Waals surface area contributed by atoms with Gasteiger partial charge < -0.3 is 20.7 Å². The van der Waals surface area contributed by atoms with Crippen LogP contribution in [-0.2, 0) is 25.7 Å². The molecule has 0 spiro atoms. The third-order valence-corrected chi connectivity index (χ3v) is 4.79. The Morgan fingerprint density at radius 1 is 1.00 bits per heavy atom. The van der Waals surface area contributed by atoms with Crippen LogP contribution in [0.1, 0.15) is 19.4 Å². The second kappa shape index (κ2) is 11.6. The van der Waals surface area contributed by atoms with E-state index in [4.69, 9.17) is 4.74 Å². The van der Waals surface area contributed by atoms with Gasteiger partial charge in [0.25, 0.3) is 0 Å². The Morgan fingerprint density at radius 3 is 2.30 bits per heavy atom. The molecule has 0 aliphatic heterocycles. The summed E-state index contributed by atoms with van der Waals surface area (Å²) in [5.74, 6) is -0.686. The Balaban J connectivity index is 1.70. The van der Waals surface area contributed by atoms with Crippen molar-refractivity contribution in [1.82, 2.24) is 10.6 Å². The van der Waals surface area contributed by atoms with Gasteiger partial charge in [-0.1, -0.05) is 30.3 Å². The zero-order chi connectivity index (χ0) is 21.9. The van der Waals surface area contributed by atoms with Crippen molar-refractivity contribution in [2.75, 3.05) is 11.9 Å². The van der Waals surface area contributed by atoms with Crippen molar-refractivity contribution in [3.05, 3.63) is 60.2 Å². The number of carbonyl (C=O) groups excluding carboxylic acids is 4. The highest BCUT2D eigenvalue weighted by Gasteiger charge is 2.17. The average Bonchev–Trinajstić information content (AvgIpc) is 2.72. The van der Waals surface area contributed by atoms with Gasteiger partial charge in [-0.05, 0) is 48.5 Å². The van der Waals surface area contributed by atoms with Gasteiger partial charge >= 0.3 is 6.09 Å². The molecule has 0 aliphatic carbocycles. The van der Waals surface area contributed by atoms with Crippen LogP contribution in [0.4, 0.5) is 10.5 Å². The number of hydrogen-bond acceptors (Lipinski definition) is 6. The average molecular weight is 429 g/mol. The molecule has 0 aliphatic rings. The van der Waals surface area contributed by atoms with Gasteiger partial charge in [0, 0.05) is 17.5 Å². The molecule has 158 valence electrons. The fourth-order valence-electron chi connectivity index (χ4n) is 2.29. The second-order valence-corrected chi connectivity index (χ2v) is 7.41. The van der Waals surface area contributed by atoms with E-state index in [0.717, 1.165) is 17.3 Å². The molecule has 0 aromatic heterocycles. The predicted molar refractivity (Wildman–Crippen MR) is 114 cm³/mol. The number of amides is 3. The summed E-state index contributed by atoms with van der Waals surface area (Å²) in [6, 6.07) is 15.2. The number of ether oxygens (including phenoxy) is 1. The Labute approximate surface area is 178 Å². The van der Waals surface area contributed by atoms with Crippen molar-refractivity contribution in [2.24, 2.45) is 0 Å². The van der Waals surface area contributed by atoms with E-state index in [1.165, 1.54) is 6.92 Å². The molecule has 2 aromatic carbocycles. The molecule has 8 nitrogen and oxygen atoms in total. The minimum absolute atomic E-state index is 0.0978. The van der Waals surface area contributed by atoms with Crippen LogP contribution in [0, 0.1) is 0 Å². The maximum atomic E-state index is 12.3. The van der Waals surface area contributed by atoms with E-state index in [9.17, 15) is 19.2 Å². The highest BCUT2D eigenvalue weighted by atomic mass is 32.2. The topological polar surface area (TPSA) is 114 Å². The summed E-state index contributed by atoms with van der Waals surface area (Å²) in [5, 5.41) is 7.25. The smallest absolute Gasteiger partial charge is 0.407 e. The molecule has 9 heteroatoms. The lowest BCUT2D eigenvalue weighted by molar-refractivity contribution is -0.123. The quantitative estimate of drug-likeness (QED) is 0.556. The van der Waals surface area contributed by atoms with Gasteiger partial charge in [-0.15, -0.1) is 0 Å². The highest BCUT2D eigenvalue weighted by Crippen LogP contribution is 2.22.